The Hall–Kier alpha value is -3.62. The molecule has 0 radical (unpaired) electrons. The van der Waals surface area contributed by atoms with Crippen molar-refractivity contribution in [2.45, 2.75) is 13.3 Å². The SMILES string of the molecule is Cc1cc(N(C)CC(=O)NCCc2ccc3c(c2)OCO3)nc(-n2ccnc2)n1. The van der Waals surface area contributed by atoms with E-state index in [2.05, 4.69) is 20.3 Å². The number of ether oxygens (including phenoxy) is 2. The molecule has 0 aliphatic carbocycles. The molecule has 4 rings (SSSR count). The highest BCUT2D eigenvalue weighted by Crippen LogP contribution is 2.32. The van der Waals surface area contributed by atoms with Crippen molar-refractivity contribution >= 4 is 11.7 Å². The first-order chi connectivity index (χ1) is 14.1. The molecule has 1 N–H and O–H groups in total. The quantitative estimate of drug-likeness (QED) is 0.649. The van der Waals surface area contributed by atoms with Crippen molar-refractivity contribution in [3.8, 4) is 17.4 Å². The van der Waals surface area contributed by atoms with Crippen LogP contribution in [0.3, 0.4) is 0 Å². The largest absolute Gasteiger partial charge is 0.454 e. The minimum Gasteiger partial charge on any atom is -0.454 e. The lowest BCUT2D eigenvalue weighted by atomic mass is 10.1. The van der Waals surface area contributed by atoms with Gasteiger partial charge in [-0.15, -0.1) is 0 Å². The summed E-state index contributed by atoms with van der Waals surface area (Å²) in [5.41, 5.74) is 1.90. The molecule has 1 aliphatic heterocycles. The van der Waals surface area contributed by atoms with Crippen LogP contribution in [0.5, 0.6) is 11.5 Å². The first kappa shape index (κ1) is 18.7. The first-order valence-electron chi connectivity index (χ1n) is 9.29. The number of imidazole rings is 1. The smallest absolute Gasteiger partial charge is 0.239 e. The number of rotatable bonds is 7. The molecule has 0 unspecified atom stereocenters. The van der Waals surface area contributed by atoms with Gasteiger partial charge < -0.3 is 19.7 Å². The van der Waals surface area contributed by atoms with Gasteiger partial charge in [0.1, 0.15) is 12.1 Å². The maximum Gasteiger partial charge on any atom is 0.239 e. The van der Waals surface area contributed by atoms with Crippen LogP contribution >= 0.6 is 0 Å². The first-order valence-corrected chi connectivity index (χ1v) is 9.29. The van der Waals surface area contributed by atoms with E-state index in [0.29, 0.717) is 24.7 Å². The summed E-state index contributed by atoms with van der Waals surface area (Å²) < 4.78 is 12.4. The zero-order valence-corrected chi connectivity index (χ0v) is 16.3. The van der Waals surface area contributed by atoms with Crippen molar-refractivity contribution < 1.29 is 14.3 Å². The Morgan fingerprint density at radius 3 is 2.93 bits per heavy atom. The Bertz CT molecular complexity index is 1010. The molecule has 1 aromatic carbocycles. The number of aromatic nitrogens is 4. The molecule has 0 atom stereocenters. The van der Waals surface area contributed by atoms with Crippen LogP contribution in [0.15, 0.2) is 43.0 Å². The van der Waals surface area contributed by atoms with Crippen LogP contribution in [0.2, 0.25) is 0 Å². The van der Waals surface area contributed by atoms with Gasteiger partial charge in [-0.1, -0.05) is 6.07 Å². The molecule has 0 saturated heterocycles. The molecule has 0 bridgehead atoms. The van der Waals surface area contributed by atoms with E-state index in [4.69, 9.17) is 9.47 Å². The highest BCUT2D eigenvalue weighted by molar-refractivity contribution is 5.80. The van der Waals surface area contributed by atoms with Gasteiger partial charge in [0.2, 0.25) is 18.6 Å². The average Bonchev–Trinajstić information content (AvgIpc) is 3.39. The molecule has 150 valence electrons. The van der Waals surface area contributed by atoms with E-state index in [1.165, 1.54) is 0 Å². The van der Waals surface area contributed by atoms with Crippen molar-refractivity contribution in [2.75, 3.05) is 31.8 Å². The van der Waals surface area contributed by atoms with E-state index in [1.807, 2.05) is 38.2 Å². The number of hydrogen-bond donors (Lipinski definition) is 1. The summed E-state index contributed by atoms with van der Waals surface area (Å²) >= 11 is 0. The summed E-state index contributed by atoms with van der Waals surface area (Å²) in [6, 6.07) is 7.66. The normalized spacial score (nSPS) is 12.1. The van der Waals surface area contributed by atoms with Gasteiger partial charge in [0.15, 0.2) is 11.5 Å². The predicted octanol–water partition coefficient (Wildman–Crippen LogP) is 1.49. The predicted molar refractivity (Wildman–Crippen MR) is 106 cm³/mol. The molecule has 29 heavy (non-hydrogen) atoms. The Morgan fingerprint density at radius 2 is 2.10 bits per heavy atom. The number of nitrogens with one attached hydrogen (secondary N) is 1. The van der Waals surface area contributed by atoms with Gasteiger partial charge in [0.25, 0.3) is 0 Å². The number of hydrogen-bond acceptors (Lipinski definition) is 7. The van der Waals surface area contributed by atoms with Crippen LogP contribution in [0.4, 0.5) is 5.82 Å². The lowest BCUT2D eigenvalue weighted by molar-refractivity contribution is -0.119. The molecule has 0 spiro atoms. The Labute approximate surface area is 168 Å². The Morgan fingerprint density at radius 1 is 1.24 bits per heavy atom. The van der Waals surface area contributed by atoms with Gasteiger partial charge in [0.05, 0.1) is 6.54 Å². The van der Waals surface area contributed by atoms with Crippen LogP contribution < -0.4 is 19.7 Å². The summed E-state index contributed by atoms with van der Waals surface area (Å²) in [6.07, 6.45) is 5.80. The monoisotopic (exact) mass is 394 g/mol. The lowest BCUT2D eigenvalue weighted by Crippen LogP contribution is -2.36. The second-order valence-electron chi connectivity index (χ2n) is 6.78. The molecule has 0 fully saturated rings. The zero-order chi connectivity index (χ0) is 20.2. The van der Waals surface area contributed by atoms with E-state index in [-0.39, 0.29) is 19.2 Å². The van der Waals surface area contributed by atoms with E-state index in [0.717, 1.165) is 22.8 Å². The van der Waals surface area contributed by atoms with Crippen LogP contribution in [0.1, 0.15) is 11.3 Å². The van der Waals surface area contributed by atoms with Crippen molar-refractivity contribution in [2.24, 2.45) is 0 Å². The third kappa shape index (κ3) is 4.45. The number of nitrogens with zero attached hydrogens (tertiary/aromatic N) is 5. The standard InChI is InChI=1S/C20H22N6O3/c1-14-9-18(24-20(23-14)26-8-7-21-12-26)25(2)11-19(27)22-6-5-15-3-4-16-17(10-15)29-13-28-16/h3-4,7-10,12H,5-6,11,13H2,1-2H3,(H,22,27). The molecule has 9 nitrogen and oxygen atoms in total. The average molecular weight is 394 g/mol. The van der Waals surface area contributed by atoms with E-state index < -0.39 is 0 Å². The lowest BCUT2D eigenvalue weighted by Gasteiger charge is -2.19. The molecule has 3 heterocycles. The molecular formula is C20H22N6O3. The fraction of sp³-hybridized carbons (Fsp3) is 0.300. The number of benzene rings is 1. The van der Waals surface area contributed by atoms with Gasteiger partial charge in [-0.2, -0.15) is 4.98 Å². The number of anilines is 1. The highest BCUT2D eigenvalue weighted by atomic mass is 16.7. The van der Waals surface area contributed by atoms with Crippen molar-refractivity contribution in [1.82, 2.24) is 24.8 Å². The van der Waals surface area contributed by atoms with Crippen molar-refractivity contribution in [3.63, 3.8) is 0 Å². The number of carbonyl (C=O) groups excluding carboxylic acids is 1. The van der Waals surface area contributed by atoms with E-state index in [9.17, 15) is 4.79 Å². The number of aryl methyl sites for hydroxylation is 1. The van der Waals surface area contributed by atoms with E-state index >= 15 is 0 Å². The maximum absolute atomic E-state index is 12.3. The third-order valence-corrected chi connectivity index (χ3v) is 4.51. The highest BCUT2D eigenvalue weighted by Gasteiger charge is 2.14. The molecule has 2 aromatic heterocycles. The molecule has 3 aromatic rings. The third-order valence-electron chi connectivity index (χ3n) is 4.51. The summed E-state index contributed by atoms with van der Waals surface area (Å²) in [5, 5.41) is 2.95. The number of amides is 1. The second kappa shape index (κ2) is 8.17. The second-order valence-corrected chi connectivity index (χ2v) is 6.78. The topological polar surface area (TPSA) is 94.4 Å². The number of likely N-dealkylation sites (N-methyl/N-ethyl adjacent to an activating group) is 1. The fourth-order valence-electron chi connectivity index (χ4n) is 3.02. The Kier molecular flexibility index (Phi) is 5.28. The van der Waals surface area contributed by atoms with Crippen molar-refractivity contribution in [3.05, 3.63) is 54.2 Å². The van der Waals surface area contributed by atoms with Crippen LogP contribution in [-0.4, -0.2) is 52.4 Å². The fourth-order valence-corrected chi connectivity index (χ4v) is 3.02. The molecule has 1 aliphatic rings. The van der Waals surface area contributed by atoms with Gasteiger partial charge in [-0.3, -0.25) is 9.36 Å². The van der Waals surface area contributed by atoms with Gasteiger partial charge in [0, 0.05) is 37.7 Å². The molecular weight excluding hydrogens is 372 g/mol. The molecule has 9 heteroatoms. The van der Waals surface area contributed by atoms with Crippen LogP contribution in [-0.2, 0) is 11.2 Å². The summed E-state index contributed by atoms with van der Waals surface area (Å²) in [5.74, 6) is 2.63. The van der Waals surface area contributed by atoms with Crippen LogP contribution in [0, 0.1) is 6.92 Å². The minimum atomic E-state index is -0.0753. The van der Waals surface area contributed by atoms with Gasteiger partial charge in [-0.05, 0) is 31.0 Å². The van der Waals surface area contributed by atoms with Gasteiger partial charge in [-0.25, -0.2) is 9.97 Å². The Balaban J connectivity index is 1.31. The maximum atomic E-state index is 12.3. The molecule has 1 amide bonds. The van der Waals surface area contributed by atoms with Crippen molar-refractivity contribution in [1.29, 1.82) is 0 Å². The summed E-state index contributed by atoms with van der Waals surface area (Å²) in [6.45, 7) is 2.88. The number of fused-ring (bicyclic) bond motifs is 1. The number of carbonyl (C=O) groups is 1. The zero-order valence-electron chi connectivity index (χ0n) is 16.3. The summed E-state index contributed by atoms with van der Waals surface area (Å²) in [7, 11) is 1.83. The minimum absolute atomic E-state index is 0.0753. The van der Waals surface area contributed by atoms with E-state index in [1.54, 1.807) is 28.2 Å². The van der Waals surface area contributed by atoms with Crippen LogP contribution in [0.25, 0.3) is 5.95 Å². The summed E-state index contributed by atoms with van der Waals surface area (Å²) in [4.78, 5) is 27.1. The van der Waals surface area contributed by atoms with Gasteiger partial charge >= 0.3 is 0 Å². The molecule has 0 saturated carbocycles.